The number of benzene rings is 2. The van der Waals surface area contributed by atoms with Crippen LogP contribution >= 0.6 is 0 Å². The van der Waals surface area contributed by atoms with E-state index in [0.717, 1.165) is 55.4 Å². The Kier molecular flexibility index (Phi) is 8.96. The smallest absolute Gasteiger partial charge is 0.269 e. The summed E-state index contributed by atoms with van der Waals surface area (Å²) in [5.41, 5.74) is 2.99. The van der Waals surface area contributed by atoms with Crippen molar-refractivity contribution in [2.75, 3.05) is 37.6 Å². The second-order valence-corrected chi connectivity index (χ2v) is 10.1. The lowest BCUT2D eigenvalue weighted by Crippen LogP contribution is -2.49. The molecule has 0 atom stereocenters. The molecule has 9 nitrogen and oxygen atoms in total. The molecule has 0 spiro atoms. The maximum atomic E-state index is 13.8. The number of hydrogen-bond acceptors (Lipinski definition) is 6. The lowest BCUT2D eigenvalue weighted by Gasteiger charge is -2.38. The maximum Gasteiger partial charge on any atom is 0.269 e. The third kappa shape index (κ3) is 6.27. The summed E-state index contributed by atoms with van der Waals surface area (Å²) >= 11 is 0. The van der Waals surface area contributed by atoms with Crippen molar-refractivity contribution in [2.45, 2.75) is 53.1 Å². The van der Waals surface area contributed by atoms with E-state index in [1.807, 2.05) is 18.5 Å². The van der Waals surface area contributed by atoms with Gasteiger partial charge in [0.1, 0.15) is 11.6 Å². The number of nitro benzene ring substituents is 1. The van der Waals surface area contributed by atoms with Crippen molar-refractivity contribution in [2.24, 2.45) is 0 Å². The van der Waals surface area contributed by atoms with E-state index < -0.39 is 4.92 Å². The summed E-state index contributed by atoms with van der Waals surface area (Å²) in [5, 5.41) is 16.0. The number of halogens is 1. The van der Waals surface area contributed by atoms with Gasteiger partial charge in [0, 0.05) is 62.0 Å². The van der Waals surface area contributed by atoms with Crippen molar-refractivity contribution in [3.8, 4) is 5.69 Å². The first kappa shape index (κ1) is 28.2. The van der Waals surface area contributed by atoms with Crippen LogP contribution in [0.1, 0.15) is 55.7 Å². The highest BCUT2D eigenvalue weighted by Gasteiger charge is 2.29. The Labute approximate surface area is 229 Å². The largest absolute Gasteiger partial charge is 0.354 e. The van der Waals surface area contributed by atoms with Gasteiger partial charge in [-0.05, 0) is 63.1 Å². The molecule has 0 bridgehead atoms. The first-order valence-electron chi connectivity index (χ1n) is 13.6. The minimum absolute atomic E-state index is 0.0507. The van der Waals surface area contributed by atoms with Gasteiger partial charge in [0.15, 0.2) is 0 Å². The molecule has 10 heteroatoms. The molecule has 1 aliphatic rings. The predicted octanol–water partition coefficient (Wildman–Crippen LogP) is 5.06. The van der Waals surface area contributed by atoms with Crippen molar-refractivity contribution < 1.29 is 14.1 Å². The average Bonchev–Trinajstić information content (AvgIpc) is 3.31. The van der Waals surface area contributed by atoms with Gasteiger partial charge in [-0.15, -0.1) is 0 Å². The molecule has 1 fully saturated rings. The first-order valence-corrected chi connectivity index (χ1v) is 13.6. The molecule has 39 heavy (non-hydrogen) atoms. The monoisotopic (exact) mass is 536 g/mol. The van der Waals surface area contributed by atoms with Crippen molar-refractivity contribution in [1.29, 1.82) is 0 Å². The van der Waals surface area contributed by atoms with E-state index in [1.165, 1.54) is 36.4 Å². The zero-order valence-electron chi connectivity index (χ0n) is 23.1. The van der Waals surface area contributed by atoms with Crippen LogP contribution in [0.5, 0.6) is 0 Å². The van der Waals surface area contributed by atoms with Gasteiger partial charge < -0.3 is 9.80 Å². The summed E-state index contributed by atoms with van der Waals surface area (Å²) < 4.78 is 15.7. The Balaban J connectivity index is 1.74. The molecule has 0 saturated carbocycles. The summed E-state index contributed by atoms with van der Waals surface area (Å²) in [6.07, 6.45) is 1.43. The molecular weight excluding hydrogens is 499 g/mol. The van der Waals surface area contributed by atoms with E-state index in [1.54, 1.807) is 17.0 Å². The van der Waals surface area contributed by atoms with Crippen LogP contribution in [0, 0.1) is 15.9 Å². The summed E-state index contributed by atoms with van der Waals surface area (Å²) in [6.45, 7) is 12.8. The predicted molar refractivity (Wildman–Crippen MR) is 150 cm³/mol. The molecule has 1 saturated heterocycles. The lowest BCUT2D eigenvalue weighted by atomic mass is 10.1. The molecule has 1 aliphatic heterocycles. The molecule has 3 aromatic rings. The summed E-state index contributed by atoms with van der Waals surface area (Å²) in [6, 6.07) is 12.5. The number of non-ortho nitro benzene ring substituents is 1. The number of hydrogen-bond donors (Lipinski definition) is 0. The quantitative estimate of drug-likeness (QED) is 0.266. The first-order chi connectivity index (χ1) is 18.7. The van der Waals surface area contributed by atoms with Gasteiger partial charge in [0.25, 0.3) is 11.6 Å². The van der Waals surface area contributed by atoms with E-state index in [4.69, 9.17) is 5.10 Å². The second kappa shape index (κ2) is 12.4. The molecule has 2 heterocycles. The zero-order chi connectivity index (χ0) is 28.1. The maximum absolute atomic E-state index is 13.8. The Hall–Kier alpha value is -3.79. The van der Waals surface area contributed by atoms with Crippen molar-refractivity contribution >= 4 is 17.4 Å². The van der Waals surface area contributed by atoms with E-state index in [9.17, 15) is 19.3 Å². The van der Waals surface area contributed by atoms with E-state index in [-0.39, 0.29) is 17.4 Å². The van der Waals surface area contributed by atoms with Crippen LogP contribution < -0.4 is 4.90 Å². The summed E-state index contributed by atoms with van der Waals surface area (Å²) in [5.74, 6) is 0.440. The zero-order valence-corrected chi connectivity index (χ0v) is 23.1. The fraction of sp³-hybridized carbons (Fsp3) is 0.448. The number of anilines is 1. The average molecular weight is 537 g/mol. The number of aryl methyl sites for hydroxylation is 1. The number of carbonyl (C=O) groups excluding carboxylic acids is 1. The van der Waals surface area contributed by atoms with E-state index in [0.29, 0.717) is 31.1 Å². The summed E-state index contributed by atoms with van der Waals surface area (Å²) in [4.78, 5) is 30.8. The standard InChI is InChI=1S/C29H37FN6O3/c1-5-15-34(29(37)22-7-11-25(12-8-22)36(38)39)20-26-27(6-2)31-35(24-13-9-23(30)10-14-24)28(26)33-18-16-32(17-19-33)21(3)4/h7-14,21H,5-6,15-20H2,1-4H3. The fourth-order valence-electron chi connectivity index (χ4n) is 5.09. The molecular formula is C29H37FN6O3. The van der Waals surface area contributed by atoms with Gasteiger partial charge in [-0.25, -0.2) is 9.07 Å². The van der Waals surface area contributed by atoms with Crippen LogP contribution in [-0.4, -0.2) is 69.2 Å². The number of aromatic nitrogens is 2. The Bertz CT molecular complexity index is 1280. The minimum Gasteiger partial charge on any atom is -0.354 e. The van der Waals surface area contributed by atoms with Gasteiger partial charge in [0.05, 0.1) is 22.8 Å². The number of nitro groups is 1. The van der Waals surface area contributed by atoms with Crippen LogP contribution in [0.2, 0.25) is 0 Å². The molecule has 0 N–H and O–H groups in total. The number of carbonyl (C=O) groups is 1. The third-order valence-corrected chi connectivity index (χ3v) is 7.24. The molecule has 4 rings (SSSR count). The normalized spacial score (nSPS) is 14.2. The number of nitrogens with zero attached hydrogens (tertiary/aromatic N) is 6. The minimum atomic E-state index is -0.471. The Morgan fingerprint density at radius 2 is 1.69 bits per heavy atom. The highest BCUT2D eigenvalue weighted by atomic mass is 19.1. The van der Waals surface area contributed by atoms with Crippen LogP contribution in [-0.2, 0) is 13.0 Å². The second-order valence-electron chi connectivity index (χ2n) is 10.1. The molecule has 2 aromatic carbocycles. The van der Waals surface area contributed by atoms with Gasteiger partial charge >= 0.3 is 0 Å². The molecule has 208 valence electrons. The van der Waals surface area contributed by atoms with Crippen LogP contribution in [0.3, 0.4) is 0 Å². The number of rotatable bonds is 10. The van der Waals surface area contributed by atoms with Gasteiger partial charge in [-0.1, -0.05) is 13.8 Å². The van der Waals surface area contributed by atoms with Crippen LogP contribution in [0.4, 0.5) is 15.9 Å². The van der Waals surface area contributed by atoms with Gasteiger partial charge in [-0.2, -0.15) is 5.10 Å². The summed E-state index contributed by atoms with van der Waals surface area (Å²) in [7, 11) is 0. The molecule has 0 unspecified atom stereocenters. The highest BCUT2D eigenvalue weighted by molar-refractivity contribution is 5.94. The molecule has 1 amide bonds. The topological polar surface area (TPSA) is 87.8 Å². The number of amides is 1. The number of piperazine rings is 1. The van der Waals surface area contributed by atoms with Gasteiger partial charge in [0.2, 0.25) is 0 Å². The lowest BCUT2D eigenvalue weighted by molar-refractivity contribution is -0.384. The van der Waals surface area contributed by atoms with Crippen LogP contribution in [0.15, 0.2) is 48.5 Å². The third-order valence-electron chi connectivity index (χ3n) is 7.24. The van der Waals surface area contributed by atoms with Crippen molar-refractivity contribution in [3.63, 3.8) is 0 Å². The Morgan fingerprint density at radius 3 is 2.23 bits per heavy atom. The van der Waals surface area contributed by atoms with E-state index in [2.05, 4.69) is 23.6 Å². The SMILES string of the molecule is CCCN(Cc1c(CC)nn(-c2ccc(F)cc2)c1N1CCN(C(C)C)CC1)C(=O)c1ccc([N+](=O)[O-])cc1. The van der Waals surface area contributed by atoms with Crippen molar-refractivity contribution in [3.05, 3.63) is 81.3 Å². The fourth-order valence-corrected chi connectivity index (χ4v) is 5.09. The van der Waals surface area contributed by atoms with E-state index >= 15 is 0 Å². The highest BCUT2D eigenvalue weighted by Crippen LogP contribution is 2.31. The Morgan fingerprint density at radius 1 is 1.05 bits per heavy atom. The van der Waals surface area contributed by atoms with Gasteiger partial charge in [-0.3, -0.25) is 19.8 Å². The van der Waals surface area contributed by atoms with Crippen molar-refractivity contribution in [1.82, 2.24) is 19.6 Å². The molecule has 0 aliphatic carbocycles. The molecule has 1 aromatic heterocycles. The molecule has 0 radical (unpaired) electrons. The van der Waals surface area contributed by atoms with Crippen LogP contribution in [0.25, 0.3) is 5.69 Å².